The minimum absolute atomic E-state index is 0. The molecule has 1 aromatic carbocycles. The summed E-state index contributed by atoms with van der Waals surface area (Å²) >= 11 is 0. The van der Waals surface area contributed by atoms with E-state index in [2.05, 4.69) is 10.6 Å². The van der Waals surface area contributed by atoms with Gasteiger partial charge in [0.1, 0.15) is 0 Å². The molecule has 0 radical (unpaired) electrons. The van der Waals surface area contributed by atoms with Crippen molar-refractivity contribution >= 4 is 18.3 Å². The maximum Gasteiger partial charge on any atom is 0.416 e. The van der Waals surface area contributed by atoms with Gasteiger partial charge in [0.15, 0.2) is 0 Å². The number of rotatable bonds is 7. The lowest BCUT2D eigenvalue weighted by Crippen LogP contribution is -2.41. The first-order valence-corrected chi connectivity index (χ1v) is 7.41. The van der Waals surface area contributed by atoms with Gasteiger partial charge in [-0.15, -0.1) is 12.4 Å². The normalized spacial score (nSPS) is 13.8. The van der Waals surface area contributed by atoms with E-state index in [9.17, 15) is 18.0 Å². The molecule has 1 rings (SSSR count). The highest BCUT2D eigenvalue weighted by atomic mass is 35.5. The number of halogens is 4. The van der Waals surface area contributed by atoms with E-state index in [4.69, 9.17) is 0 Å². The number of carbonyl (C=O) groups excluding carboxylic acids is 1. The standard InChI is InChI=1S/C16H23F3N2O.ClH/c1-4-20-12(3)10-21-15(22)11(2)8-13-6-5-7-14(9-13)16(17,18)19;/h5-7,9,11-12,20H,4,8,10H2,1-3H3,(H,21,22);1H/t11?,12-;/m1./s1. The summed E-state index contributed by atoms with van der Waals surface area (Å²) in [5.41, 5.74) is -0.171. The number of amides is 1. The molecule has 0 fully saturated rings. The maximum atomic E-state index is 12.7. The zero-order chi connectivity index (χ0) is 16.8. The molecular weight excluding hydrogens is 329 g/mol. The van der Waals surface area contributed by atoms with E-state index in [1.54, 1.807) is 13.0 Å². The van der Waals surface area contributed by atoms with Crippen LogP contribution in [0.5, 0.6) is 0 Å². The van der Waals surface area contributed by atoms with Crippen LogP contribution in [0, 0.1) is 5.92 Å². The summed E-state index contributed by atoms with van der Waals surface area (Å²) < 4.78 is 38.0. The lowest BCUT2D eigenvalue weighted by atomic mass is 9.98. The molecule has 0 saturated carbocycles. The molecule has 1 aromatic rings. The van der Waals surface area contributed by atoms with Gasteiger partial charge in [0.2, 0.25) is 5.91 Å². The van der Waals surface area contributed by atoms with Crippen LogP contribution in [-0.2, 0) is 17.4 Å². The molecule has 0 saturated heterocycles. The smallest absolute Gasteiger partial charge is 0.354 e. The van der Waals surface area contributed by atoms with Crippen LogP contribution in [0.25, 0.3) is 0 Å². The Morgan fingerprint density at radius 1 is 1.26 bits per heavy atom. The van der Waals surface area contributed by atoms with Crippen LogP contribution in [0.1, 0.15) is 31.9 Å². The molecule has 0 spiro atoms. The van der Waals surface area contributed by atoms with Crippen LogP contribution >= 0.6 is 12.4 Å². The Labute approximate surface area is 141 Å². The molecule has 0 aromatic heterocycles. The first kappa shape index (κ1) is 21.7. The van der Waals surface area contributed by atoms with E-state index >= 15 is 0 Å². The van der Waals surface area contributed by atoms with Crippen molar-refractivity contribution in [3.8, 4) is 0 Å². The topological polar surface area (TPSA) is 41.1 Å². The summed E-state index contributed by atoms with van der Waals surface area (Å²) in [5, 5.41) is 5.98. The molecule has 0 aliphatic carbocycles. The molecule has 1 unspecified atom stereocenters. The van der Waals surface area contributed by atoms with Gasteiger partial charge in [-0.2, -0.15) is 13.2 Å². The predicted molar refractivity (Wildman–Crippen MR) is 87.7 cm³/mol. The second kappa shape index (κ2) is 9.78. The summed E-state index contributed by atoms with van der Waals surface area (Å²) in [6.45, 7) is 6.97. The average molecular weight is 353 g/mol. The lowest BCUT2D eigenvalue weighted by molar-refractivity contribution is -0.137. The predicted octanol–water partition coefficient (Wildman–Crippen LogP) is 3.42. The van der Waals surface area contributed by atoms with Crippen LogP contribution < -0.4 is 10.6 Å². The summed E-state index contributed by atoms with van der Waals surface area (Å²) in [4.78, 5) is 12.0. The van der Waals surface area contributed by atoms with Gasteiger partial charge in [-0.1, -0.05) is 32.0 Å². The van der Waals surface area contributed by atoms with E-state index in [0.29, 0.717) is 12.1 Å². The van der Waals surface area contributed by atoms with Crippen LogP contribution in [0.15, 0.2) is 24.3 Å². The Hall–Kier alpha value is -1.27. The van der Waals surface area contributed by atoms with Gasteiger partial charge in [0.05, 0.1) is 5.56 Å². The highest BCUT2D eigenvalue weighted by Gasteiger charge is 2.30. The Morgan fingerprint density at radius 3 is 2.48 bits per heavy atom. The fraction of sp³-hybridized carbons (Fsp3) is 0.562. The molecule has 3 nitrogen and oxygen atoms in total. The number of nitrogens with one attached hydrogen (secondary N) is 2. The fourth-order valence-corrected chi connectivity index (χ4v) is 2.17. The molecule has 2 N–H and O–H groups in total. The summed E-state index contributed by atoms with van der Waals surface area (Å²) in [5.74, 6) is -0.528. The monoisotopic (exact) mass is 352 g/mol. The third-order valence-corrected chi connectivity index (χ3v) is 3.38. The van der Waals surface area contributed by atoms with Gasteiger partial charge in [0.25, 0.3) is 0 Å². The Balaban J connectivity index is 0.00000484. The largest absolute Gasteiger partial charge is 0.416 e. The first-order chi connectivity index (χ1) is 10.2. The lowest BCUT2D eigenvalue weighted by Gasteiger charge is -2.17. The molecule has 0 heterocycles. The fourth-order valence-electron chi connectivity index (χ4n) is 2.17. The summed E-state index contributed by atoms with van der Waals surface area (Å²) in [7, 11) is 0. The molecule has 7 heteroatoms. The Kier molecular flexibility index (Phi) is 9.24. The van der Waals surface area contributed by atoms with Crippen LogP contribution in [0.3, 0.4) is 0 Å². The molecule has 2 atom stereocenters. The number of hydrogen-bond acceptors (Lipinski definition) is 2. The zero-order valence-electron chi connectivity index (χ0n) is 13.5. The van der Waals surface area contributed by atoms with Crippen molar-refractivity contribution in [2.45, 2.75) is 39.4 Å². The van der Waals surface area contributed by atoms with E-state index in [0.717, 1.165) is 18.7 Å². The molecule has 0 aliphatic heterocycles. The van der Waals surface area contributed by atoms with Crippen molar-refractivity contribution in [1.29, 1.82) is 0 Å². The SMILES string of the molecule is CCN[C@H](C)CNC(=O)C(C)Cc1cccc(C(F)(F)F)c1.Cl. The number of carbonyl (C=O) groups is 1. The second-order valence-corrected chi connectivity index (χ2v) is 5.51. The van der Waals surface area contributed by atoms with Gasteiger partial charge in [-0.25, -0.2) is 0 Å². The highest BCUT2D eigenvalue weighted by molar-refractivity contribution is 5.85. The summed E-state index contributed by atoms with van der Waals surface area (Å²) in [6, 6.07) is 5.28. The van der Waals surface area contributed by atoms with Crippen LogP contribution in [-0.4, -0.2) is 25.0 Å². The maximum absolute atomic E-state index is 12.7. The van der Waals surface area contributed by atoms with Gasteiger partial charge in [-0.05, 0) is 31.5 Å². The van der Waals surface area contributed by atoms with Gasteiger partial charge < -0.3 is 10.6 Å². The molecule has 0 aliphatic rings. The molecule has 23 heavy (non-hydrogen) atoms. The van der Waals surface area contributed by atoms with Gasteiger partial charge in [-0.3, -0.25) is 4.79 Å². The molecule has 0 bridgehead atoms. The number of hydrogen-bond donors (Lipinski definition) is 2. The van der Waals surface area contributed by atoms with E-state index in [-0.39, 0.29) is 36.7 Å². The number of alkyl halides is 3. The van der Waals surface area contributed by atoms with Gasteiger partial charge in [0, 0.05) is 18.5 Å². The van der Waals surface area contributed by atoms with Gasteiger partial charge >= 0.3 is 6.18 Å². The number of benzene rings is 1. The van der Waals surface area contributed by atoms with Crippen molar-refractivity contribution in [1.82, 2.24) is 10.6 Å². The van der Waals surface area contributed by atoms with E-state index < -0.39 is 11.7 Å². The Morgan fingerprint density at radius 2 is 1.91 bits per heavy atom. The minimum Gasteiger partial charge on any atom is -0.354 e. The zero-order valence-corrected chi connectivity index (χ0v) is 14.4. The van der Waals surface area contributed by atoms with Crippen molar-refractivity contribution in [3.63, 3.8) is 0 Å². The average Bonchev–Trinajstić information content (AvgIpc) is 2.44. The van der Waals surface area contributed by atoms with Crippen molar-refractivity contribution in [2.24, 2.45) is 5.92 Å². The van der Waals surface area contributed by atoms with E-state index in [1.165, 1.54) is 6.07 Å². The highest BCUT2D eigenvalue weighted by Crippen LogP contribution is 2.29. The second-order valence-electron chi connectivity index (χ2n) is 5.51. The number of likely N-dealkylation sites (N-methyl/N-ethyl adjacent to an activating group) is 1. The van der Waals surface area contributed by atoms with E-state index in [1.807, 2.05) is 13.8 Å². The first-order valence-electron chi connectivity index (χ1n) is 7.41. The molecule has 1 amide bonds. The van der Waals surface area contributed by atoms with Crippen molar-refractivity contribution in [3.05, 3.63) is 35.4 Å². The summed E-state index contributed by atoms with van der Waals surface area (Å²) in [6.07, 6.45) is -4.08. The van der Waals surface area contributed by atoms with Crippen molar-refractivity contribution < 1.29 is 18.0 Å². The van der Waals surface area contributed by atoms with Crippen molar-refractivity contribution in [2.75, 3.05) is 13.1 Å². The Bertz CT molecular complexity index is 494. The van der Waals surface area contributed by atoms with Crippen LogP contribution in [0.2, 0.25) is 0 Å². The minimum atomic E-state index is -4.36. The quantitative estimate of drug-likeness (QED) is 0.789. The van der Waals surface area contributed by atoms with Crippen LogP contribution in [0.4, 0.5) is 13.2 Å². The molecule has 132 valence electrons. The molecular formula is C16H24ClF3N2O. The third kappa shape index (κ3) is 7.70. The third-order valence-electron chi connectivity index (χ3n) is 3.38.